The van der Waals surface area contributed by atoms with Crippen molar-refractivity contribution in [1.29, 1.82) is 0 Å². The second kappa shape index (κ2) is 7.01. The van der Waals surface area contributed by atoms with Crippen LogP contribution >= 0.6 is 0 Å². The fraction of sp³-hybridized carbons (Fsp3) is 0.273. The van der Waals surface area contributed by atoms with Crippen molar-refractivity contribution in [2.75, 3.05) is 18.2 Å². The summed E-state index contributed by atoms with van der Waals surface area (Å²) in [5.41, 5.74) is 5.04. The van der Waals surface area contributed by atoms with E-state index in [4.69, 9.17) is 15.2 Å². The van der Waals surface area contributed by atoms with E-state index in [1.807, 2.05) is 0 Å². The van der Waals surface area contributed by atoms with Crippen molar-refractivity contribution in [2.45, 2.75) is 32.1 Å². The van der Waals surface area contributed by atoms with Gasteiger partial charge in [0.15, 0.2) is 5.60 Å². The molecule has 0 radical (unpaired) electrons. The van der Waals surface area contributed by atoms with Crippen LogP contribution in [0, 0.1) is 5.82 Å². The van der Waals surface area contributed by atoms with E-state index >= 15 is 0 Å². The number of carbonyl (C=O) groups is 2. The molecule has 2 aliphatic rings. The summed E-state index contributed by atoms with van der Waals surface area (Å²) in [6, 6.07) is 4.01. The first-order chi connectivity index (χ1) is 15.7. The minimum Gasteiger partial charge on any atom is -0.458 e. The first-order valence-electron chi connectivity index (χ1n) is 10.1. The molecule has 0 unspecified atom stereocenters. The normalized spacial score (nSPS) is 18.4. The summed E-state index contributed by atoms with van der Waals surface area (Å²) >= 11 is 0. The van der Waals surface area contributed by atoms with Gasteiger partial charge in [-0.05, 0) is 18.6 Å². The van der Waals surface area contributed by atoms with Gasteiger partial charge >= 0.3 is 12.1 Å². The SMILES string of the molecule is CC[C@@]1(O)C(=O)OCc2c1cc1n(c2=O)Cc2c-1nc1cc(F)c(N)cc1c2NC(=O)OC. The quantitative estimate of drug-likeness (QED) is 0.308. The summed E-state index contributed by atoms with van der Waals surface area (Å²) < 4.78 is 25.4. The Hall–Kier alpha value is -3.99. The van der Waals surface area contributed by atoms with Crippen molar-refractivity contribution in [3.8, 4) is 11.4 Å². The lowest BCUT2D eigenvalue weighted by atomic mass is 9.86. The molecule has 0 spiro atoms. The number of anilines is 2. The fourth-order valence-corrected chi connectivity index (χ4v) is 4.41. The van der Waals surface area contributed by atoms with Crippen LogP contribution in [0.25, 0.3) is 22.3 Å². The molecule has 33 heavy (non-hydrogen) atoms. The van der Waals surface area contributed by atoms with Crippen LogP contribution in [0.3, 0.4) is 0 Å². The van der Waals surface area contributed by atoms with Gasteiger partial charge < -0.3 is 24.9 Å². The highest BCUT2D eigenvalue weighted by molar-refractivity contribution is 6.04. The van der Waals surface area contributed by atoms with Crippen LogP contribution < -0.4 is 16.6 Å². The van der Waals surface area contributed by atoms with Gasteiger partial charge in [0.1, 0.15) is 12.4 Å². The number of aliphatic hydroxyl groups is 1. The van der Waals surface area contributed by atoms with Crippen LogP contribution in [0.5, 0.6) is 0 Å². The lowest BCUT2D eigenvalue weighted by Gasteiger charge is -2.31. The molecule has 0 saturated carbocycles. The summed E-state index contributed by atoms with van der Waals surface area (Å²) in [5.74, 6) is -1.53. The topological polar surface area (TPSA) is 146 Å². The van der Waals surface area contributed by atoms with E-state index in [2.05, 4.69) is 10.3 Å². The molecule has 1 atom stereocenters. The Bertz CT molecular complexity index is 1450. The summed E-state index contributed by atoms with van der Waals surface area (Å²) in [6.07, 6.45) is -0.770. The molecular weight excluding hydrogens is 435 g/mol. The van der Waals surface area contributed by atoms with Gasteiger partial charge in [0.25, 0.3) is 5.56 Å². The molecule has 3 aromatic rings. The zero-order valence-electron chi connectivity index (χ0n) is 17.7. The van der Waals surface area contributed by atoms with Crippen LogP contribution in [0.1, 0.15) is 30.0 Å². The number of hydrogen-bond acceptors (Lipinski definition) is 8. The number of amides is 1. The van der Waals surface area contributed by atoms with Gasteiger partial charge in [-0.1, -0.05) is 6.92 Å². The smallest absolute Gasteiger partial charge is 0.411 e. The lowest BCUT2D eigenvalue weighted by Crippen LogP contribution is -2.44. The number of fused-ring (bicyclic) bond motifs is 5. The molecule has 0 aliphatic carbocycles. The number of nitrogens with zero attached hydrogens (tertiary/aromatic N) is 2. The number of nitrogens with one attached hydrogen (secondary N) is 1. The number of pyridine rings is 2. The van der Waals surface area contributed by atoms with Gasteiger partial charge in [0.2, 0.25) is 0 Å². The van der Waals surface area contributed by atoms with Crippen molar-refractivity contribution in [2.24, 2.45) is 0 Å². The molecule has 0 saturated heterocycles. The molecular formula is C22H19FN4O6. The molecule has 11 heteroatoms. The molecule has 5 rings (SSSR count). The van der Waals surface area contributed by atoms with Crippen molar-refractivity contribution in [1.82, 2.24) is 9.55 Å². The summed E-state index contributed by atoms with van der Waals surface area (Å²) in [5, 5.41) is 14.0. The first kappa shape index (κ1) is 20.9. The third-order valence-electron chi connectivity index (χ3n) is 6.22. The molecule has 4 heterocycles. The van der Waals surface area contributed by atoms with Gasteiger partial charge in [-0.25, -0.2) is 19.0 Å². The number of cyclic esters (lactones) is 1. The summed E-state index contributed by atoms with van der Waals surface area (Å²) in [6.45, 7) is 1.37. The van der Waals surface area contributed by atoms with E-state index in [9.17, 15) is 23.9 Å². The summed E-state index contributed by atoms with van der Waals surface area (Å²) in [4.78, 5) is 42.2. The Morgan fingerprint density at radius 2 is 2.12 bits per heavy atom. The number of hydrogen-bond donors (Lipinski definition) is 3. The number of nitrogen functional groups attached to an aromatic ring is 1. The van der Waals surface area contributed by atoms with Crippen LogP contribution in [-0.4, -0.2) is 33.8 Å². The Morgan fingerprint density at radius 1 is 1.36 bits per heavy atom. The molecule has 170 valence electrons. The van der Waals surface area contributed by atoms with Crippen LogP contribution in [0.2, 0.25) is 0 Å². The zero-order valence-corrected chi connectivity index (χ0v) is 17.7. The largest absolute Gasteiger partial charge is 0.458 e. The number of aromatic nitrogens is 2. The molecule has 2 aliphatic heterocycles. The van der Waals surface area contributed by atoms with Gasteiger partial charge in [-0.3, -0.25) is 10.1 Å². The minimum atomic E-state index is -1.98. The predicted molar refractivity (Wildman–Crippen MR) is 115 cm³/mol. The Kier molecular flexibility index (Phi) is 4.43. The number of benzene rings is 1. The van der Waals surface area contributed by atoms with Crippen LogP contribution in [-0.2, 0) is 33.0 Å². The average molecular weight is 454 g/mol. The average Bonchev–Trinajstić information content (AvgIpc) is 3.16. The third-order valence-corrected chi connectivity index (χ3v) is 6.22. The standard InChI is InChI=1S/C22H19FN4O6/c1-3-22(31)12-5-16-18-10(7-27(16)19(28)11(12)8-33-20(22)29)17(26-21(30)32-2)9-4-14(24)13(23)6-15(9)25-18/h4-6,31H,3,7-8,24H2,1-2H3,(H,25,26,30)/t22-/m0/s1. The number of carbonyl (C=O) groups excluding carboxylic acids is 2. The lowest BCUT2D eigenvalue weighted by molar-refractivity contribution is -0.172. The van der Waals surface area contributed by atoms with Crippen molar-refractivity contribution >= 4 is 34.3 Å². The maximum Gasteiger partial charge on any atom is 0.411 e. The first-order valence-corrected chi connectivity index (χ1v) is 10.1. The minimum absolute atomic E-state index is 0.000628. The highest BCUT2D eigenvalue weighted by atomic mass is 19.1. The number of ether oxygens (including phenoxy) is 2. The maximum atomic E-state index is 14.2. The number of halogens is 1. The van der Waals surface area contributed by atoms with Crippen molar-refractivity contribution in [3.05, 3.63) is 51.1 Å². The number of esters is 1. The molecule has 0 bridgehead atoms. The molecule has 1 amide bonds. The highest BCUT2D eigenvalue weighted by Gasteiger charge is 2.45. The maximum absolute atomic E-state index is 14.2. The number of nitrogens with two attached hydrogens (primary N) is 1. The van der Waals surface area contributed by atoms with Gasteiger partial charge in [0, 0.05) is 22.6 Å². The molecule has 1 aromatic carbocycles. The molecule has 10 nitrogen and oxygen atoms in total. The van der Waals surface area contributed by atoms with Gasteiger partial charge in [-0.2, -0.15) is 0 Å². The molecule has 4 N–H and O–H groups in total. The Balaban J connectivity index is 1.83. The van der Waals surface area contributed by atoms with E-state index in [1.54, 1.807) is 6.92 Å². The Morgan fingerprint density at radius 3 is 2.82 bits per heavy atom. The van der Waals surface area contributed by atoms with E-state index in [1.165, 1.54) is 23.8 Å². The van der Waals surface area contributed by atoms with E-state index in [-0.39, 0.29) is 47.6 Å². The van der Waals surface area contributed by atoms with Gasteiger partial charge in [0.05, 0.1) is 47.5 Å². The van der Waals surface area contributed by atoms with Gasteiger partial charge in [-0.15, -0.1) is 0 Å². The second-order valence-electron chi connectivity index (χ2n) is 7.92. The third kappa shape index (κ3) is 2.82. The van der Waals surface area contributed by atoms with Crippen LogP contribution in [0.15, 0.2) is 23.0 Å². The van der Waals surface area contributed by atoms with Crippen molar-refractivity contribution in [3.63, 3.8) is 0 Å². The zero-order chi connectivity index (χ0) is 23.7. The number of methoxy groups -OCH3 is 1. The monoisotopic (exact) mass is 454 g/mol. The predicted octanol–water partition coefficient (Wildman–Crippen LogP) is 1.98. The Labute approximate surface area is 185 Å². The molecule has 0 fully saturated rings. The van der Waals surface area contributed by atoms with Crippen molar-refractivity contribution < 1.29 is 28.6 Å². The highest BCUT2D eigenvalue weighted by Crippen LogP contribution is 2.42. The molecule has 2 aromatic heterocycles. The fourth-order valence-electron chi connectivity index (χ4n) is 4.41. The summed E-state index contributed by atoms with van der Waals surface area (Å²) in [7, 11) is 1.20. The van der Waals surface area contributed by atoms with E-state index in [0.717, 1.165) is 6.07 Å². The van der Waals surface area contributed by atoms with E-state index < -0.39 is 29.0 Å². The van der Waals surface area contributed by atoms with E-state index in [0.29, 0.717) is 22.3 Å². The number of rotatable bonds is 2. The van der Waals surface area contributed by atoms with Crippen LogP contribution in [0.4, 0.5) is 20.6 Å². The second-order valence-corrected chi connectivity index (χ2v) is 7.92.